The van der Waals surface area contributed by atoms with Crippen molar-refractivity contribution < 1.29 is 0 Å². The van der Waals surface area contributed by atoms with E-state index in [1.54, 1.807) is 0 Å². The van der Waals surface area contributed by atoms with Crippen LogP contribution in [0.5, 0.6) is 0 Å². The lowest BCUT2D eigenvalue weighted by Crippen LogP contribution is -2.57. The van der Waals surface area contributed by atoms with Crippen LogP contribution < -0.4 is 15.7 Å². The Hall–Kier alpha value is -7.36. The Kier molecular flexibility index (Phi) is 8.18. The fraction of sp³-hybridized carbons (Fsp3) is 0.0182. The lowest BCUT2D eigenvalue weighted by molar-refractivity contribution is 0.746. The van der Waals surface area contributed by atoms with Gasteiger partial charge in [0, 0.05) is 33.4 Å². The molecule has 0 bridgehead atoms. The first-order valence-electron chi connectivity index (χ1n) is 20.1. The summed E-state index contributed by atoms with van der Waals surface area (Å²) in [5, 5.41) is 2.46. The van der Waals surface area contributed by atoms with Crippen molar-refractivity contribution in [2.45, 2.75) is 5.41 Å². The Bertz CT molecular complexity index is 2970. The molecule has 9 aromatic carbocycles. The zero-order valence-corrected chi connectivity index (χ0v) is 32.0. The van der Waals surface area contributed by atoms with Gasteiger partial charge in [-0.15, -0.1) is 0 Å². The Morgan fingerprint density at radius 2 is 0.879 bits per heavy atom. The van der Waals surface area contributed by atoms with E-state index < -0.39 is 5.41 Å². The van der Waals surface area contributed by atoms with E-state index in [1.807, 2.05) is 0 Å². The highest BCUT2D eigenvalue weighted by atomic mass is 15.1. The van der Waals surface area contributed by atoms with E-state index in [9.17, 15) is 0 Å². The molecule has 0 atom stereocenters. The summed E-state index contributed by atoms with van der Waals surface area (Å²) in [4.78, 5) is 2.54. The number of fused-ring (bicyclic) bond motifs is 6. The second-order valence-corrected chi connectivity index (χ2v) is 15.2. The van der Waals surface area contributed by atoms with Crippen LogP contribution in [0.4, 0.5) is 11.4 Å². The van der Waals surface area contributed by atoms with Crippen molar-refractivity contribution in [1.82, 2.24) is 4.57 Å². The maximum Gasteiger partial charge on any atom is 0.328 e. The highest BCUT2D eigenvalue weighted by Gasteiger charge is 2.39. The largest absolute Gasteiger partial charge is 0.376 e. The predicted molar refractivity (Wildman–Crippen MR) is 245 cm³/mol. The highest BCUT2D eigenvalue weighted by Crippen LogP contribution is 2.47. The number of nitrogens with zero attached hydrogens (tertiary/aromatic N) is 2. The molecule has 1 aliphatic rings. The van der Waals surface area contributed by atoms with Crippen LogP contribution in [-0.4, -0.2) is 11.4 Å². The number of aromatic nitrogens is 1. The van der Waals surface area contributed by atoms with Crippen molar-refractivity contribution >= 4 is 51.0 Å². The summed E-state index contributed by atoms with van der Waals surface area (Å²) in [6.07, 6.45) is 0. The van der Waals surface area contributed by atoms with Crippen molar-refractivity contribution in [3.05, 3.63) is 259 Å². The number of para-hydroxylation sites is 2. The van der Waals surface area contributed by atoms with Gasteiger partial charge in [0.1, 0.15) is 0 Å². The van der Waals surface area contributed by atoms with Gasteiger partial charge in [-0.1, -0.05) is 200 Å². The lowest BCUT2D eigenvalue weighted by Gasteiger charge is -2.39. The fourth-order valence-electron chi connectivity index (χ4n) is 9.75. The third-order valence-corrected chi connectivity index (χ3v) is 12.2. The Morgan fingerprint density at radius 3 is 1.57 bits per heavy atom. The van der Waals surface area contributed by atoms with Crippen LogP contribution in [-0.2, 0) is 5.41 Å². The lowest BCUT2D eigenvalue weighted by atomic mass is 9.46. The quantitative estimate of drug-likeness (QED) is 0.117. The molecule has 272 valence electrons. The molecule has 0 N–H and O–H groups in total. The summed E-state index contributed by atoms with van der Waals surface area (Å²) in [6, 6.07) is 86.8. The van der Waals surface area contributed by atoms with E-state index >= 15 is 0 Å². The molecule has 0 saturated heterocycles. The number of anilines is 2. The molecule has 0 radical (unpaired) electrons. The molecular weight excluding hydrogens is 699 g/mol. The van der Waals surface area contributed by atoms with E-state index in [4.69, 9.17) is 0 Å². The maximum atomic E-state index is 2.54. The van der Waals surface area contributed by atoms with Crippen molar-refractivity contribution in [2.24, 2.45) is 0 Å². The number of hydrogen-bond donors (Lipinski definition) is 0. The van der Waals surface area contributed by atoms with Crippen LogP contribution in [0.15, 0.2) is 237 Å². The predicted octanol–water partition coefficient (Wildman–Crippen LogP) is 12.1. The normalized spacial score (nSPS) is 12.4. The van der Waals surface area contributed by atoms with Crippen LogP contribution in [0.1, 0.15) is 22.3 Å². The van der Waals surface area contributed by atoms with Gasteiger partial charge in [-0.2, -0.15) is 0 Å². The highest BCUT2D eigenvalue weighted by molar-refractivity contribution is 6.90. The van der Waals surface area contributed by atoms with E-state index in [0.29, 0.717) is 0 Å². The summed E-state index contributed by atoms with van der Waals surface area (Å²) in [6.45, 7) is 0.00495. The van der Waals surface area contributed by atoms with Crippen LogP contribution >= 0.6 is 0 Å². The van der Waals surface area contributed by atoms with Gasteiger partial charge in [0.05, 0.1) is 16.4 Å². The molecule has 3 heteroatoms. The van der Waals surface area contributed by atoms with Gasteiger partial charge in [-0.3, -0.25) is 0 Å². The third-order valence-electron chi connectivity index (χ3n) is 12.2. The Morgan fingerprint density at radius 1 is 0.345 bits per heavy atom. The van der Waals surface area contributed by atoms with Crippen LogP contribution in [0.2, 0.25) is 0 Å². The monoisotopic (exact) mass is 738 g/mol. The molecule has 0 amide bonds. The molecule has 10 aromatic rings. The molecule has 0 aliphatic carbocycles. The minimum absolute atomic E-state index is 0.00495. The summed E-state index contributed by atoms with van der Waals surface area (Å²) < 4.78 is 2.45. The maximum absolute atomic E-state index is 2.54. The van der Waals surface area contributed by atoms with E-state index in [2.05, 4.69) is 246 Å². The second kappa shape index (κ2) is 14.0. The molecule has 0 unspecified atom stereocenters. The Labute approximate surface area is 340 Å². The minimum Gasteiger partial charge on any atom is -0.376 e. The zero-order valence-electron chi connectivity index (χ0n) is 32.0. The zero-order chi connectivity index (χ0) is 38.5. The SMILES string of the molecule is c1ccc(B2c3ccccc3-c3ccccc3N2c2cccc(-n3c4ccccc4c4cc(C(c5ccccc5)(c5ccccc5)c5ccccc5)ccc43)c2)cc1. The molecule has 0 saturated carbocycles. The van der Waals surface area contributed by atoms with Crippen LogP contribution in [0.25, 0.3) is 38.6 Å². The average molecular weight is 739 g/mol. The molecule has 0 spiro atoms. The summed E-state index contributed by atoms with van der Waals surface area (Å²) in [7, 11) is 0. The number of hydrogen-bond acceptors (Lipinski definition) is 1. The standard InChI is InChI=1S/C55H39BN2/c1-5-20-40(21-6-1)55(41-22-7-2-8-23-41,42-24-9-3-10-25-42)43-36-37-53-50(38-43)49-32-14-17-34-52(49)57(53)45-28-19-29-46(39-45)58-54-35-18-15-31-48(54)47-30-13-16-33-51(47)56(58)44-26-11-4-12-27-44/h1-39H. The van der Waals surface area contributed by atoms with E-state index in [1.165, 1.54) is 71.8 Å². The van der Waals surface area contributed by atoms with E-state index in [-0.39, 0.29) is 6.85 Å². The van der Waals surface area contributed by atoms with Crippen molar-refractivity contribution in [1.29, 1.82) is 0 Å². The molecule has 1 aliphatic heterocycles. The van der Waals surface area contributed by atoms with Gasteiger partial charge in [0.2, 0.25) is 0 Å². The first-order chi connectivity index (χ1) is 28.8. The first kappa shape index (κ1) is 33.9. The van der Waals surface area contributed by atoms with Gasteiger partial charge in [-0.25, -0.2) is 0 Å². The fourth-order valence-corrected chi connectivity index (χ4v) is 9.75. The average Bonchev–Trinajstić information content (AvgIpc) is 3.64. The van der Waals surface area contributed by atoms with Crippen molar-refractivity contribution in [3.63, 3.8) is 0 Å². The molecule has 2 nitrogen and oxygen atoms in total. The van der Waals surface area contributed by atoms with Gasteiger partial charge in [0.25, 0.3) is 0 Å². The third kappa shape index (κ3) is 5.28. The molecule has 2 heterocycles. The van der Waals surface area contributed by atoms with Gasteiger partial charge in [-0.05, 0) is 75.7 Å². The molecular formula is C55H39BN2. The molecule has 0 fully saturated rings. The molecule has 11 rings (SSSR count). The topological polar surface area (TPSA) is 8.17 Å². The van der Waals surface area contributed by atoms with Crippen LogP contribution in [0, 0.1) is 0 Å². The Balaban J connectivity index is 1.14. The number of benzene rings is 9. The second-order valence-electron chi connectivity index (χ2n) is 15.2. The van der Waals surface area contributed by atoms with E-state index in [0.717, 1.165) is 11.4 Å². The smallest absolute Gasteiger partial charge is 0.328 e. The van der Waals surface area contributed by atoms with Gasteiger partial charge >= 0.3 is 6.85 Å². The summed E-state index contributed by atoms with van der Waals surface area (Å²) >= 11 is 0. The van der Waals surface area contributed by atoms with Gasteiger partial charge in [0.15, 0.2) is 0 Å². The molecule has 58 heavy (non-hydrogen) atoms. The first-order valence-corrected chi connectivity index (χ1v) is 20.1. The van der Waals surface area contributed by atoms with Crippen LogP contribution in [0.3, 0.4) is 0 Å². The van der Waals surface area contributed by atoms with Gasteiger partial charge < -0.3 is 9.38 Å². The molecule has 1 aromatic heterocycles. The number of rotatable bonds is 7. The van der Waals surface area contributed by atoms with Crippen molar-refractivity contribution in [3.8, 4) is 16.8 Å². The van der Waals surface area contributed by atoms with Crippen molar-refractivity contribution in [2.75, 3.05) is 4.81 Å². The summed E-state index contributed by atoms with van der Waals surface area (Å²) in [5.41, 5.74) is 15.3. The minimum atomic E-state index is -0.536. The summed E-state index contributed by atoms with van der Waals surface area (Å²) in [5.74, 6) is 0.